The Hall–Kier alpha value is -1.29. The molecule has 0 N–H and O–H groups in total. The quantitative estimate of drug-likeness (QED) is 0.782. The van der Waals surface area contributed by atoms with Gasteiger partial charge in [0.1, 0.15) is 11.6 Å². The first-order chi connectivity index (χ1) is 9.18. The summed E-state index contributed by atoms with van der Waals surface area (Å²) in [4.78, 5) is 14.0. The molecule has 2 rings (SSSR count). The third-order valence-corrected chi connectivity index (χ3v) is 3.56. The third kappa shape index (κ3) is 3.83. The Balaban J connectivity index is 2.03. The summed E-state index contributed by atoms with van der Waals surface area (Å²) in [6.45, 7) is 1.78. The second-order valence-electron chi connectivity index (χ2n) is 5.06. The monoisotopic (exact) mass is 267 g/mol. The fraction of sp³-hybridized carbons (Fsp3) is 0.533. The molecular formula is C15H19F2NO. The molecule has 1 fully saturated rings. The predicted molar refractivity (Wildman–Crippen MR) is 70.2 cm³/mol. The highest BCUT2D eigenvalue weighted by atomic mass is 19.1. The summed E-state index contributed by atoms with van der Waals surface area (Å²) in [5, 5.41) is 0. The van der Waals surface area contributed by atoms with Crippen molar-refractivity contribution in [3.63, 3.8) is 0 Å². The number of carbonyl (C=O) groups is 1. The first-order valence-corrected chi connectivity index (χ1v) is 6.88. The first-order valence-electron chi connectivity index (χ1n) is 6.88. The zero-order chi connectivity index (χ0) is 13.7. The van der Waals surface area contributed by atoms with Crippen molar-refractivity contribution in [2.24, 2.45) is 0 Å². The van der Waals surface area contributed by atoms with E-state index in [4.69, 9.17) is 0 Å². The number of benzene rings is 1. The van der Waals surface area contributed by atoms with Crippen LogP contribution in [0.4, 0.5) is 8.78 Å². The van der Waals surface area contributed by atoms with Gasteiger partial charge in [-0.1, -0.05) is 25.3 Å². The van der Waals surface area contributed by atoms with Gasteiger partial charge in [0, 0.05) is 0 Å². The minimum atomic E-state index is -0.767. The van der Waals surface area contributed by atoms with Crippen LogP contribution in [0.25, 0.3) is 0 Å². The molecule has 0 atom stereocenters. The van der Waals surface area contributed by atoms with Gasteiger partial charge in [-0.15, -0.1) is 0 Å². The van der Waals surface area contributed by atoms with Crippen molar-refractivity contribution in [1.82, 2.24) is 4.90 Å². The number of ketones is 1. The van der Waals surface area contributed by atoms with Gasteiger partial charge >= 0.3 is 0 Å². The third-order valence-electron chi connectivity index (χ3n) is 3.56. The molecule has 0 amide bonds. The fourth-order valence-electron chi connectivity index (χ4n) is 2.52. The van der Waals surface area contributed by atoms with Gasteiger partial charge in [0.15, 0.2) is 5.78 Å². The average Bonchev–Trinajstić information content (AvgIpc) is 2.32. The minimum absolute atomic E-state index is 0.109. The van der Waals surface area contributed by atoms with Crippen LogP contribution < -0.4 is 0 Å². The normalized spacial score (nSPS) is 17.8. The average molecular weight is 267 g/mol. The van der Waals surface area contributed by atoms with Gasteiger partial charge < -0.3 is 0 Å². The van der Waals surface area contributed by atoms with E-state index in [0.717, 1.165) is 38.1 Å². The zero-order valence-corrected chi connectivity index (χ0v) is 11.0. The highest BCUT2D eigenvalue weighted by Crippen LogP contribution is 2.15. The summed E-state index contributed by atoms with van der Waals surface area (Å²) in [5.41, 5.74) is -0.399. The van der Waals surface area contributed by atoms with Crippen molar-refractivity contribution in [1.29, 1.82) is 0 Å². The molecule has 104 valence electrons. The SMILES string of the molecule is O=C(CN1CCCCCCC1)c1c(F)cccc1F. The molecule has 1 aliphatic rings. The van der Waals surface area contributed by atoms with E-state index in [1.54, 1.807) is 0 Å². The highest BCUT2D eigenvalue weighted by molar-refractivity contribution is 5.98. The number of likely N-dealkylation sites (tertiary alicyclic amines) is 1. The fourth-order valence-corrected chi connectivity index (χ4v) is 2.52. The summed E-state index contributed by atoms with van der Waals surface area (Å²) in [6.07, 6.45) is 5.67. The standard InChI is InChI=1S/C15H19F2NO/c16-12-7-6-8-13(17)15(12)14(19)11-18-9-4-2-1-3-5-10-18/h6-8H,1-5,9-11H2. The van der Waals surface area contributed by atoms with Crippen LogP contribution in [0.3, 0.4) is 0 Å². The molecule has 1 heterocycles. The summed E-state index contributed by atoms with van der Waals surface area (Å²) >= 11 is 0. The van der Waals surface area contributed by atoms with E-state index in [-0.39, 0.29) is 6.54 Å². The minimum Gasteiger partial charge on any atom is -0.296 e. The van der Waals surface area contributed by atoms with E-state index in [2.05, 4.69) is 0 Å². The van der Waals surface area contributed by atoms with Crippen LogP contribution in [0.15, 0.2) is 18.2 Å². The number of nitrogens with zero attached hydrogens (tertiary/aromatic N) is 1. The lowest BCUT2D eigenvalue weighted by Crippen LogP contribution is -2.33. The lowest BCUT2D eigenvalue weighted by atomic mass is 10.1. The van der Waals surface area contributed by atoms with Crippen molar-refractivity contribution in [2.45, 2.75) is 32.1 Å². The maximum absolute atomic E-state index is 13.5. The molecule has 1 saturated heterocycles. The molecule has 0 saturated carbocycles. The Morgan fingerprint density at radius 1 is 1.00 bits per heavy atom. The molecule has 0 aliphatic carbocycles. The predicted octanol–water partition coefficient (Wildman–Crippen LogP) is 3.41. The topological polar surface area (TPSA) is 20.3 Å². The van der Waals surface area contributed by atoms with Crippen LogP contribution in [-0.4, -0.2) is 30.3 Å². The Morgan fingerprint density at radius 2 is 1.53 bits per heavy atom. The molecule has 2 nitrogen and oxygen atoms in total. The number of Topliss-reactive ketones (excluding diaryl/α,β-unsaturated/α-hetero) is 1. The molecule has 0 radical (unpaired) electrons. The van der Waals surface area contributed by atoms with Gasteiger partial charge in [-0.05, 0) is 38.1 Å². The molecule has 1 aliphatic heterocycles. The van der Waals surface area contributed by atoms with E-state index < -0.39 is 23.0 Å². The molecule has 0 aromatic heterocycles. The van der Waals surface area contributed by atoms with Crippen molar-refractivity contribution in [3.05, 3.63) is 35.4 Å². The van der Waals surface area contributed by atoms with Gasteiger partial charge in [-0.25, -0.2) is 8.78 Å². The van der Waals surface area contributed by atoms with Crippen LogP contribution in [-0.2, 0) is 0 Å². The number of carbonyl (C=O) groups excluding carboxylic acids is 1. The molecule has 0 bridgehead atoms. The maximum atomic E-state index is 13.5. The summed E-state index contributed by atoms with van der Waals surface area (Å²) in [6, 6.07) is 3.53. The van der Waals surface area contributed by atoms with E-state index in [0.29, 0.717) is 0 Å². The highest BCUT2D eigenvalue weighted by Gasteiger charge is 2.20. The van der Waals surface area contributed by atoms with Crippen LogP contribution in [0.5, 0.6) is 0 Å². The summed E-state index contributed by atoms with van der Waals surface area (Å²) < 4.78 is 27.0. The van der Waals surface area contributed by atoms with Crippen LogP contribution in [0.1, 0.15) is 42.5 Å². The Bertz CT molecular complexity index is 420. The van der Waals surface area contributed by atoms with Crippen LogP contribution >= 0.6 is 0 Å². The Morgan fingerprint density at radius 3 is 2.11 bits per heavy atom. The Kier molecular flexibility index (Phi) is 5.02. The largest absolute Gasteiger partial charge is 0.296 e. The van der Waals surface area contributed by atoms with Gasteiger partial charge in [-0.2, -0.15) is 0 Å². The van der Waals surface area contributed by atoms with Gasteiger partial charge in [0.25, 0.3) is 0 Å². The van der Waals surface area contributed by atoms with Crippen molar-refractivity contribution >= 4 is 5.78 Å². The van der Waals surface area contributed by atoms with Gasteiger partial charge in [-0.3, -0.25) is 9.69 Å². The van der Waals surface area contributed by atoms with Gasteiger partial charge in [0.05, 0.1) is 12.1 Å². The maximum Gasteiger partial charge on any atom is 0.182 e. The lowest BCUT2D eigenvalue weighted by Gasteiger charge is -2.23. The summed E-state index contributed by atoms with van der Waals surface area (Å²) in [5.74, 6) is -2.00. The van der Waals surface area contributed by atoms with Crippen molar-refractivity contribution < 1.29 is 13.6 Å². The van der Waals surface area contributed by atoms with E-state index in [1.165, 1.54) is 25.3 Å². The molecule has 4 heteroatoms. The van der Waals surface area contributed by atoms with Crippen LogP contribution in [0.2, 0.25) is 0 Å². The number of halogens is 2. The zero-order valence-electron chi connectivity index (χ0n) is 11.0. The molecule has 1 aromatic carbocycles. The van der Waals surface area contributed by atoms with Crippen molar-refractivity contribution in [2.75, 3.05) is 19.6 Å². The van der Waals surface area contributed by atoms with Gasteiger partial charge in [0.2, 0.25) is 0 Å². The van der Waals surface area contributed by atoms with E-state index in [9.17, 15) is 13.6 Å². The number of rotatable bonds is 3. The van der Waals surface area contributed by atoms with Crippen molar-refractivity contribution in [3.8, 4) is 0 Å². The van der Waals surface area contributed by atoms with E-state index >= 15 is 0 Å². The van der Waals surface area contributed by atoms with E-state index in [1.807, 2.05) is 4.90 Å². The molecule has 0 unspecified atom stereocenters. The number of hydrogen-bond acceptors (Lipinski definition) is 2. The second-order valence-corrected chi connectivity index (χ2v) is 5.06. The number of hydrogen-bond donors (Lipinski definition) is 0. The second kappa shape index (κ2) is 6.75. The summed E-state index contributed by atoms with van der Waals surface area (Å²) in [7, 11) is 0. The van der Waals surface area contributed by atoms with Crippen LogP contribution in [0, 0.1) is 11.6 Å². The Labute approximate surface area is 112 Å². The molecule has 1 aromatic rings. The first kappa shape index (κ1) is 14.1. The smallest absolute Gasteiger partial charge is 0.182 e. The molecule has 0 spiro atoms. The lowest BCUT2D eigenvalue weighted by molar-refractivity contribution is 0.0916. The molecular weight excluding hydrogens is 248 g/mol. The molecule has 19 heavy (non-hydrogen) atoms.